The van der Waals surface area contributed by atoms with Crippen LogP contribution in [0.4, 0.5) is 0 Å². The van der Waals surface area contributed by atoms with Crippen molar-refractivity contribution in [3.8, 4) is 11.5 Å². The normalized spacial score (nSPS) is 9.89. The van der Waals surface area contributed by atoms with Crippen LogP contribution in [0.15, 0.2) is 48.5 Å². The molecular formula is C15H13O3Y. The first-order valence-corrected chi connectivity index (χ1v) is 7.29. The van der Waals surface area contributed by atoms with Gasteiger partial charge in [-0.25, -0.2) is 0 Å². The Bertz CT molecular complexity index is 564. The summed E-state index contributed by atoms with van der Waals surface area (Å²) in [4.78, 5) is 11.4. The molecule has 0 saturated heterocycles. The van der Waals surface area contributed by atoms with E-state index in [1.54, 1.807) is 0 Å². The van der Waals surface area contributed by atoms with Gasteiger partial charge in [-0.2, -0.15) is 0 Å². The van der Waals surface area contributed by atoms with Crippen LogP contribution in [0.5, 0.6) is 11.5 Å². The first kappa shape index (κ1) is 14.2. The van der Waals surface area contributed by atoms with Crippen LogP contribution in [0, 0.1) is 0 Å². The number of methoxy groups -OCH3 is 1. The van der Waals surface area contributed by atoms with E-state index in [1.807, 2.05) is 48.5 Å². The number of para-hydroxylation sites is 1. The molecule has 0 aliphatic rings. The summed E-state index contributed by atoms with van der Waals surface area (Å²) in [5, 5.41) is 0. The summed E-state index contributed by atoms with van der Waals surface area (Å²) in [6.07, 6.45) is 0.213. The molecule has 0 saturated carbocycles. The zero-order valence-electron chi connectivity index (χ0n) is 10.6. The van der Waals surface area contributed by atoms with Gasteiger partial charge in [-0.15, -0.1) is 0 Å². The van der Waals surface area contributed by atoms with Crippen molar-refractivity contribution >= 4 is 8.34 Å². The number of hydrogen-bond acceptors (Lipinski definition) is 3. The predicted molar refractivity (Wildman–Crippen MR) is 68.3 cm³/mol. The number of hydrogen-bond donors (Lipinski definition) is 0. The van der Waals surface area contributed by atoms with E-state index in [-0.39, 0.29) is 12.4 Å². The van der Waals surface area contributed by atoms with Crippen LogP contribution in [-0.4, -0.2) is 13.1 Å². The van der Waals surface area contributed by atoms with Crippen molar-refractivity contribution in [2.75, 3.05) is 7.11 Å². The van der Waals surface area contributed by atoms with E-state index in [1.165, 1.54) is 9.48 Å². The molecule has 0 atom stereocenters. The third-order valence-corrected chi connectivity index (χ3v) is 3.59. The molecule has 0 fully saturated rings. The van der Waals surface area contributed by atoms with Crippen molar-refractivity contribution < 1.29 is 45.2 Å². The van der Waals surface area contributed by atoms with Crippen LogP contribution in [0.2, 0.25) is 0 Å². The monoisotopic (exact) mass is 330 g/mol. The van der Waals surface area contributed by atoms with E-state index in [0.29, 0.717) is 5.75 Å². The van der Waals surface area contributed by atoms with Gasteiger partial charge in [0.25, 0.3) is 0 Å². The molecule has 0 radical (unpaired) electrons. The molecule has 0 heterocycles. The van der Waals surface area contributed by atoms with Crippen LogP contribution < -0.4 is 7.11 Å². The van der Waals surface area contributed by atoms with Gasteiger partial charge in [0.05, 0.1) is 0 Å². The average molecular weight is 330 g/mol. The summed E-state index contributed by atoms with van der Waals surface area (Å²) in [6.45, 7) is 0. The number of esters is 1. The summed E-state index contributed by atoms with van der Waals surface area (Å²) in [7, 11) is 1.38. The van der Waals surface area contributed by atoms with Crippen molar-refractivity contribution in [2.45, 2.75) is 6.42 Å². The number of carbonyl (C=O) groups excluding carboxylic acids is 1. The molecule has 2 aromatic rings. The van der Waals surface area contributed by atoms with Gasteiger partial charge in [0.15, 0.2) is 0 Å². The zero-order chi connectivity index (χ0) is 13.7. The Morgan fingerprint density at radius 2 is 1.79 bits per heavy atom. The molecule has 94 valence electrons. The van der Waals surface area contributed by atoms with E-state index in [0.717, 1.165) is 42.3 Å². The standard InChI is InChI=1S/C15H13O3.Y/c1-17-15(16)11-12-7-5-6-10-14(12)18-13-8-3-2-4-9-13;/h3-10H,11H2,1H3;. The Kier molecular flexibility index (Phi) is 5.11. The number of rotatable bonds is 4. The van der Waals surface area contributed by atoms with Crippen LogP contribution in [0.1, 0.15) is 5.56 Å². The van der Waals surface area contributed by atoms with E-state index >= 15 is 0 Å². The van der Waals surface area contributed by atoms with E-state index in [9.17, 15) is 4.79 Å². The molecule has 0 spiro atoms. The fourth-order valence-electron chi connectivity index (χ4n) is 1.64. The molecule has 0 aliphatic carbocycles. The Morgan fingerprint density at radius 3 is 2.47 bits per heavy atom. The number of carbonyl (C=O) groups is 1. The van der Waals surface area contributed by atoms with Crippen molar-refractivity contribution in [2.24, 2.45) is 0 Å². The van der Waals surface area contributed by atoms with Gasteiger partial charge < -0.3 is 0 Å². The van der Waals surface area contributed by atoms with Crippen LogP contribution >= 0.6 is 0 Å². The second-order valence-corrected chi connectivity index (χ2v) is 5.67. The average Bonchev–Trinajstić information content (AvgIpc) is 2.43. The van der Waals surface area contributed by atoms with Crippen molar-refractivity contribution in [3.05, 3.63) is 54.1 Å². The topological polar surface area (TPSA) is 35.5 Å². The molecular weight excluding hydrogens is 317 g/mol. The van der Waals surface area contributed by atoms with Gasteiger partial charge in [-0.05, 0) is 0 Å². The predicted octanol–water partition coefficient (Wildman–Crippen LogP) is 2.37. The zero-order valence-corrected chi connectivity index (χ0v) is 13.5. The number of ether oxygens (including phenoxy) is 2. The van der Waals surface area contributed by atoms with Gasteiger partial charge in [-0.1, -0.05) is 0 Å². The second-order valence-electron chi connectivity index (χ2n) is 4.03. The molecule has 4 heteroatoms. The summed E-state index contributed by atoms with van der Waals surface area (Å²) >= 11 is 1.09. The summed E-state index contributed by atoms with van der Waals surface area (Å²) in [5.74, 6) is 1.19. The Labute approximate surface area is 132 Å². The van der Waals surface area contributed by atoms with Crippen LogP contribution in [0.25, 0.3) is 0 Å². The second kappa shape index (κ2) is 6.83. The molecule has 3 nitrogen and oxygen atoms in total. The fourth-order valence-corrected chi connectivity index (χ4v) is 2.11. The summed E-state index contributed by atoms with van der Waals surface area (Å²) in [5.41, 5.74) is 0.823. The maximum atomic E-state index is 11.4. The van der Waals surface area contributed by atoms with E-state index in [2.05, 4.69) is 4.74 Å². The third-order valence-electron chi connectivity index (χ3n) is 2.64. The van der Waals surface area contributed by atoms with Gasteiger partial charge in [0.2, 0.25) is 0 Å². The van der Waals surface area contributed by atoms with Gasteiger partial charge in [-0.3, -0.25) is 0 Å². The van der Waals surface area contributed by atoms with Crippen molar-refractivity contribution in [1.82, 2.24) is 0 Å². The van der Waals surface area contributed by atoms with E-state index in [4.69, 9.17) is 4.74 Å². The summed E-state index contributed by atoms with van der Waals surface area (Å²) in [6, 6.07) is 15.5. The number of benzene rings is 2. The van der Waals surface area contributed by atoms with Gasteiger partial charge in [0, 0.05) is 0 Å². The van der Waals surface area contributed by atoms with Gasteiger partial charge >= 0.3 is 133 Å². The van der Waals surface area contributed by atoms with Crippen LogP contribution in [-0.2, 0) is 46.9 Å². The molecule has 0 unspecified atom stereocenters. The van der Waals surface area contributed by atoms with Crippen molar-refractivity contribution in [1.29, 1.82) is 0 Å². The SMILES string of the molecule is COC(=O)Cc1ccccc1Oc1cc[c]([Y])cc1. The minimum atomic E-state index is -0.273. The quantitative estimate of drug-likeness (QED) is 0.808. The van der Waals surface area contributed by atoms with Crippen molar-refractivity contribution in [3.63, 3.8) is 0 Å². The van der Waals surface area contributed by atoms with E-state index < -0.39 is 0 Å². The minimum absolute atomic E-state index is 0.213. The first-order chi connectivity index (χ1) is 9.19. The fraction of sp³-hybridized carbons (Fsp3) is 0.133. The Balaban J connectivity index is 2.20. The molecule has 0 aliphatic heterocycles. The molecule has 0 bridgehead atoms. The molecule has 2 aromatic carbocycles. The molecule has 19 heavy (non-hydrogen) atoms. The van der Waals surface area contributed by atoms with Crippen LogP contribution in [0.3, 0.4) is 0 Å². The maximum absolute atomic E-state index is 11.4. The Morgan fingerprint density at radius 1 is 1.11 bits per heavy atom. The molecule has 2 rings (SSSR count). The molecule has 0 N–H and O–H groups in total. The Hall–Kier alpha value is -1.19. The van der Waals surface area contributed by atoms with Gasteiger partial charge in [0.1, 0.15) is 0 Å². The first-order valence-electron chi connectivity index (χ1n) is 5.87. The molecule has 0 amide bonds. The summed E-state index contributed by atoms with van der Waals surface area (Å²) < 4.78 is 11.8. The third kappa shape index (κ3) is 4.15. The molecule has 0 aromatic heterocycles.